The SMILES string of the molecule is COc1cc(Br)cc(NS(=O)(=O)c2c[nH]c(=O)c(Cl)c2)c1. The van der Waals surface area contributed by atoms with Crippen molar-refractivity contribution in [3.05, 3.63) is 50.3 Å². The van der Waals surface area contributed by atoms with Crippen LogP contribution in [0.4, 0.5) is 5.69 Å². The van der Waals surface area contributed by atoms with Gasteiger partial charge in [0.1, 0.15) is 15.7 Å². The highest BCUT2D eigenvalue weighted by Gasteiger charge is 2.16. The standard InChI is InChI=1S/C12H10BrClN2O4S/c1-20-9-3-7(13)2-8(4-9)16-21(18,19)10-5-11(14)12(17)15-6-10/h2-6,16H,1H3,(H,15,17). The number of benzene rings is 1. The minimum absolute atomic E-state index is 0.147. The minimum Gasteiger partial charge on any atom is -0.497 e. The Morgan fingerprint density at radius 1 is 1.29 bits per heavy atom. The normalized spacial score (nSPS) is 11.2. The van der Waals surface area contributed by atoms with Gasteiger partial charge in [0, 0.05) is 16.7 Å². The second kappa shape index (κ2) is 6.08. The smallest absolute Gasteiger partial charge is 0.266 e. The number of methoxy groups -OCH3 is 1. The first kappa shape index (κ1) is 15.9. The van der Waals surface area contributed by atoms with E-state index in [0.717, 1.165) is 12.3 Å². The molecule has 0 aliphatic heterocycles. The highest BCUT2D eigenvalue weighted by Crippen LogP contribution is 2.26. The maximum absolute atomic E-state index is 12.2. The molecule has 0 fully saturated rings. The number of hydrogen-bond acceptors (Lipinski definition) is 4. The fourth-order valence-corrected chi connectivity index (χ4v) is 3.29. The lowest BCUT2D eigenvalue weighted by Gasteiger charge is -2.10. The first-order chi connectivity index (χ1) is 9.81. The summed E-state index contributed by atoms with van der Waals surface area (Å²) in [6.45, 7) is 0. The monoisotopic (exact) mass is 392 g/mol. The van der Waals surface area contributed by atoms with E-state index in [1.807, 2.05) is 0 Å². The predicted octanol–water partition coefficient (Wildman–Crippen LogP) is 2.60. The molecule has 6 nitrogen and oxygen atoms in total. The molecule has 0 saturated heterocycles. The first-order valence-electron chi connectivity index (χ1n) is 5.57. The van der Waals surface area contributed by atoms with Crippen molar-refractivity contribution in [1.29, 1.82) is 0 Å². The van der Waals surface area contributed by atoms with Crippen LogP contribution >= 0.6 is 27.5 Å². The molecule has 0 saturated carbocycles. The third-order valence-electron chi connectivity index (χ3n) is 2.50. The lowest BCUT2D eigenvalue weighted by molar-refractivity contribution is 0.415. The number of nitrogens with one attached hydrogen (secondary N) is 2. The van der Waals surface area contributed by atoms with Crippen molar-refractivity contribution < 1.29 is 13.2 Å². The van der Waals surface area contributed by atoms with E-state index < -0.39 is 15.6 Å². The molecular formula is C12H10BrClN2O4S. The lowest BCUT2D eigenvalue weighted by atomic mass is 10.3. The number of aromatic amines is 1. The highest BCUT2D eigenvalue weighted by atomic mass is 79.9. The van der Waals surface area contributed by atoms with Crippen LogP contribution in [0.15, 0.2) is 44.6 Å². The molecule has 112 valence electrons. The van der Waals surface area contributed by atoms with Crippen molar-refractivity contribution in [1.82, 2.24) is 4.98 Å². The van der Waals surface area contributed by atoms with Crippen molar-refractivity contribution >= 4 is 43.2 Å². The third-order valence-corrected chi connectivity index (χ3v) is 4.60. The maximum Gasteiger partial charge on any atom is 0.266 e. The van der Waals surface area contributed by atoms with Gasteiger partial charge in [0.2, 0.25) is 0 Å². The maximum atomic E-state index is 12.2. The number of pyridine rings is 1. The van der Waals surface area contributed by atoms with Crippen LogP contribution in [0.1, 0.15) is 0 Å². The Morgan fingerprint density at radius 2 is 2.00 bits per heavy atom. The molecule has 0 atom stereocenters. The van der Waals surface area contributed by atoms with Crippen molar-refractivity contribution in [2.45, 2.75) is 4.90 Å². The number of ether oxygens (including phenoxy) is 1. The molecule has 1 heterocycles. The second-order valence-electron chi connectivity index (χ2n) is 4.00. The molecule has 9 heteroatoms. The molecule has 1 aromatic heterocycles. The molecule has 1 aromatic carbocycles. The largest absolute Gasteiger partial charge is 0.497 e. The third kappa shape index (κ3) is 3.78. The number of sulfonamides is 1. The highest BCUT2D eigenvalue weighted by molar-refractivity contribution is 9.10. The first-order valence-corrected chi connectivity index (χ1v) is 8.23. The fraction of sp³-hybridized carbons (Fsp3) is 0.0833. The van der Waals surface area contributed by atoms with Gasteiger partial charge in [-0.2, -0.15) is 0 Å². The summed E-state index contributed by atoms with van der Waals surface area (Å²) in [4.78, 5) is 13.3. The molecule has 2 N–H and O–H groups in total. The van der Waals surface area contributed by atoms with Crippen LogP contribution in [0.25, 0.3) is 0 Å². The molecule has 0 amide bonds. The summed E-state index contributed by atoms with van der Waals surface area (Å²) in [6, 6.07) is 5.87. The Hall–Kier alpha value is -1.51. The zero-order chi connectivity index (χ0) is 15.6. The molecule has 0 aliphatic rings. The quantitative estimate of drug-likeness (QED) is 0.836. The van der Waals surface area contributed by atoms with Gasteiger partial charge in [-0.3, -0.25) is 9.52 Å². The number of H-pyrrole nitrogens is 1. The Labute approximate surface area is 134 Å². The van der Waals surface area contributed by atoms with Gasteiger partial charge in [0.25, 0.3) is 15.6 Å². The average Bonchev–Trinajstić information content (AvgIpc) is 2.40. The molecule has 0 radical (unpaired) electrons. The van der Waals surface area contributed by atoms with E-state index in [1.165, 1.54) is 13.2 Å². The molecule has 21 heavy (non-hydrogen) atoms. The van der Waals surface area contributed by atoms with Gasteiger partial charge >= 0.3 is 0 Å². The van der Waals surface area contributed by atoms with E-state index in [-0.39, 0.29) is 9.92 Å². The average molecular weight is 394 g/mol. The zero-order valence-corrected chi connectivity index (χ0v) is 13.8. The second-order valence-corrected chi connectivity index (χ2v) is 7.00. The van der Waals surface area contributed by atoms with Gasteiger partial charge in [-0.05, 0) is 18.2 Å². The number of rotatable bonds is 4. The van der Waals surface area contributed by atoms with E-state index in [1.54, 1.807) is 12.1 Å². The van der Waals surface area contributed by atoms with Crippen molar-refractivity contribution in [2.75, 3.05) is 11.8 Å². The van der Waals surface area contributed by atoms with Crippen molar-refractivity contribution in [3.8, 4) is 5.75 Å². The van der Waals surface area contributed by atoms with Crippen LogP contribution < -0.4 is 15.0 Å². The molecule has 0 spiro atoms. The molecule has 0 bridgehead atoms. The number of aromatic nitrogens is 1. The fourth-order valence-electron chi connectivity index (χ4n) is 1.55. The van der Waals surface area contributed by atoms with Gasteiger partial charge in [0.05, 0.1) is 12.8 Å². The number of halogens is 2. The molecule has 0 aliphatic carbocycles. The Morgan fingerprint density at radius 3 is 2.62 bits per heavy atom. The van der Waals surface area contributed by atoms with E-state index >= 15 is 0 Å². The van der Waals surface area contributed by atoms with E-state index in [4.69, 9.17) is 16.3 Å². The summed E-state index contributed by atoms with van der Waals surface area (Å²) >= 11 is 8.89. The van der Waals surface area contributed by atoms with Gasteiger partial charge in [0.15, 0.2) is 0 Å². The van der Waals surface area contributed by atoms with Crippen LogP contribution in [0, 0.1) is 0 Å². The van der Waals surface area contributed by atoms with E-state index in [0.29, 0.717) is 15.9 Å². The predicted molar refractivity (Wildman–Crippen MR) is 83.6 cm³/mol. The Kier molecular flexibility index (Phi) is 4.60. The van der Waals surface area contributed by atoms with E-state index in [2.05, 4.69) is 25.6 Å². The van der Waals surface area contributed by atoms with Gasteiger partial charge in [-0.25, -0.2) is 8.42 Å². The summed E-state index contributed by atoms with van der Waals surface area (Å²) in [7, 11) is -2.40. The summed E-state index contributed by atoms with van der Waals surface area (Å²) in [6.07, 6.45) is 1.08. The van der Waals surface area contributed by atoms with Crippen molar-refractivity contribution in [2.24, 2.45) is 0 Å². The Balaban J connectivity index is 2.39. The van der Waals surface area contributed by atoms with Crippen molar-refractivity contribution in [3.63, 3.8) is 0 Å². The lowest BCUT2D eigenvalue weighted by Crippen LogP contribution is -2.16. The topological polar surface area (TPSA) is 88.3 Å². The Bertz CT molecular complexity index is 835. The van der Waals surface area contributed by atoms with E-state index in [9.17, 15) is 13.2 Å². The minimum atomic E-state index is -3.88. The summed E-state index contributed by atoms with van der Waals surface area (Å²) in [5.41, 5.74) is -0.247. The summed E-state index contributed by atoms with van der Waals surface area (Å²) in [5, 5.41) is -0.204. The zero-order valence-electron chi connectivity index (χ0n) is 10.7. The van der Waals surface area contributed by atoms with Crippen LogP contribution in [0.2, 0.25) is 5.02 Å². The number of anilines is 1. The van der Waals surface area contributed by atoms with Crippen LogP contribution in [0.5, 0.6) is 5.75 Å². The molecular weight excluding hydrogens is 384 g/mol. The van der Waals surface area contributed by atoms with Gasteiger partial charge < -0.3 is 9.72 Å². The van der Waals surface area contributed by atoms with Gasteiger partial charge in [-0.15, -0.1) is 0 Å². The summed E-state index contributed by atoms with van der Waals surface area (Å²) < 4.78 is 32.5. The van der Waals surface area contributed by atoms with Gasteiger partial charge in [-0.1, -0.05) is 27.5 Å². The number of hydrogen-bond donors (Lipinski definition) is 2. The summed E-state index contributed by atoms with van der Waals surface area (Å²) in [5.74, 6) is 0.488. The molecule has 0 unspecified atom stereocenters. The molecule has 2 aromatic rings. The van der Waals surface area contributed by atoms with Crippen LogP contribution in [-0.4, -0.2) is 20.5 Å². The van der Waals surface area contributed by atoms with Crippen LogP contribution in [0.3, 0.4) is 0 Å². The van der Waals surface area contributed by atoms with Crippen LogP contribution in [-0.2, 0) is 10.0 Å². The molecule has 2 rings (SSSR count).